The third-order valence-corrected chi connectivity index (χ3v) is 3.54. The second-order valence-electron chi connectivity index (χ2n) is 5.60. The Kier molecular flexibility index (Phi) is 8.39. The number of carbonyl (C=O) groups excluding carboxylic acids is 1. The molecule has 0 radical (unpaired) electrons. The van der Waals surface area contributed by atoms with E-state index in [0.29, 0.717) is 25.2 Å². The van der Waals surface area contributed by atoms with Crippen molar-refractivity contribution in [3.05, 3.63) is 35.9 Å². The predicted octanol–water partition coefficient (Wildman–Crippen LogP) is 1.25. The average Bonchev–Trinajstić information content (AvgIpc) is 3.03. The first-order valence-corrected chi connectivity index (χ1v) is 7.90. The Hall–Kier alpha value is -1.96. The Labute approximate surface area is 141 Å². The lowest BCUT2D eigenvalue weighted by molar-refractivity contribution is -0.150. The summed E-state index contributed by atoms with van der Waals surface area (Å²) in [4.78, 5) is 21.7. The summed E-state index contributed by atoms with van der Waals surface area (Å²) >= 11 is 0. The lowest BCUT2D eigenvalue weighted by atomic mass is 10.0. The van der Waals surface area contributed by atoms with Gasteiger partial charge in [0.15, 0.2) is 6.10 Å². The van der Waals surface area contributed by atoms with Crippen LogP contribution in [0.2, 0.25) is 0 Å². The number of aliphatic hydroxyl groups is 1. The Balaban J connectivity index is 0.000000243. The van der Waals surface area contributed by atoms with Gasteiger partial charge in [0.25, 0.3) is 0 Å². The lowest BCUT2D eigenvalue weighted by Gasteiger charge is -2.19. The van der Waals surface area contributed by atoms with Crippen molar-refractivity contribution in [3.63, 3.8) is 0 Å². The minimum Gasteiger partial charge on any atom is -0.479 e. The highest BCUT2D eigenvalue weighted by Crippen LogP contribution is 2.17. The lowest BCUT2D eigenvalue weighted by Crippen LogP contribution is -2.49. The molecule has 134 valence electrons. The molecular weight excluding hydrogens is 314 g/mol. The van der Waals surface area contributed by atoms with Gasteiger partial charge in [0.1, 0.15) is 5.54 Å². The molecule has 0 bridgehead atoms. The number of esters is 1. The highest BCUT2D eigenvalue weighted by Gasteiger charge is 2.39. The largest absolute Gasteiger partial charge is 0.479 e. The van der Waals surface area contributed by atoms with E-state index in [0.717, 1.165) is 12.8 Å². The van der Waals surface area contributed by atoms with Crippen LogP contribution in [-0.2, 0) is 19.1 Å². The van der Waals surface area contributed by atoms with Crippen molar-refractivity contribution in [2.75, 3.05) is 19.8 Å². The zero-order valence-corrected chi connectivity index (χ0v) is 13.8. The fraction of sp³-hybridized carbons (Fsp3) is 0.529. The number of carboxylic acid groups (broad SMARTS) is 1. The molecule has 1 aromatic rings. The maximum Gasteiger partial charge on any atom is 0.337 e. The van der Waals surface area contributed by atoms with Gasteiger partial charge in [0.05, 0.1) is 13.2 Å². The summed E-state index contributed by atoms with van der Waals surface area (Å²) in [6, 6.07) is 8.26. The molecule has 0 amide bonds. The topological polar surface area (TPSA) is 119 Å². The van der Waals surface area contributed by atoms with E-state index in [2.05, 4.69) is 0 Å². The molecule has 2 atom stereocenters. The van der Waals surface area contributed by atoms with E-state index in [1.54, 1.807) is 30.3 Å². The van der Waals surface area contributed by atoms with Crippen molar-refractivity contribution < 1.29 is 29.3 Å². The summed E-state index contributed by atoms with van der Waals surface area (Å²) in [6.45, 7) is 3.36. The van der Waals surface area contributed by atoms with E-state index in [9.17, 15) is 9.59 Å². The van der Waals surface area contributed by atoms with Crippen molar-refractivity contribution in [2.24, 2.45) is 5.73 Å². The summed E-state index contributed by atoms with van der Waals surface area (Å²) in [6.07, 6.45) is 1.07. The number of hydrogen-bond acceptors (Lipinski definition) is 6. The van der Waals surface area contributed by atoms with E-state index >= 15 is 0 Å². The molecule has 1 fully saturated rings. The highest BCUT2D eigenvalue weighted by atomic mass is 16.5. The normalized spacial score (nSPS) is 20.6. The SMILES string of the molecule is CCCCOC(=O)[C@@]1(N)CCOC1.O=C(O)[C@H](O)c1ccccc1. The zero-order valence-electron chi connectivity index (χ0n) is 13.8. The van der Waals surface area contributed by atoms with Crippen molar-refractivity contribution in [3.8, 4) is 0 Å². The maximum atomic E-state index is 11.4. The second-order valence-corrected chi connectivity index (χ2v) is 5.60. The Morgan fingerprint density at radius 3 is 2.54 bits per heavy atom. The zero-order chi connectivity index (χ0) is 18.0. The molecule has 0 saturated carbocycles. The molecule has 1 aliphatic heterocycles. The van der Waals surface area contributed by atoms with Gasteiger partial charge in [-0.05, 0) is 12.0 Å². The van der Waals surface area contributed by atoms with Crippen LogP contribution >= 0.6 is 0 Å². The first-order valence-electron chi connectivity index (χ1n) is 7.90. The molecule has 0 spiro atoms. The number of unbranched alkanes of at least 4 members (excludes halogenated alkanes) is 1. The van der Waals surface area contributed by atoms with Crippen molar-refractivity contribution >= 4 is 11.9 Å². The van der Waals surface area contributed by atoms with Gasteiger partial charge in [-0.3, -0.25) is 0 Å². The standard InChI is InChI=1S/C9H17NO3.C8H8O3/c1-2-3-5-13-8(11)9(10)4-6-12-7-9;9-7(8(10)11)6-4-2-1-3-5-6/h2-7,10H2,1H3;1-5,7,9H,(H,10,11)/t9-;7-/m11/s1. The van der Waals surface area contributed by atoms with Gasteiger partial charge in [0.2, 0.25) is 0 Å². The van der Waals surface area contributed by atoms with Crippen LogP contribution in [0.25, 0.3) is 0 Å². The summed E-state index contributed by atoms with van der Waals surface area (Å²) in [7, 11) is 0. The monoisotopic (exact) mass is 339 g/mol. The molecule has 0 aliphatic carbocycles. The molecule has 24 heavy (non-hydrogen) atoms. The van der Waals surface area contributed by atoms with Gasteiger partial charge in [0, 0.05) is 13.0 Å². The molecule has 1 aliphatic rings. The first kappa shape index (κ1) is 20.1. The summed E-state index contributed by atoms with van der Waals surface area (Å²) in [5.41, 5.74) is 5.31. The van der Waals surface area contributed by atoms with Crippen molar-refractivity contribution in [1.29, 1.82) is 0 Å². The maximum absolute atomic E-state index is 11.4. The molecule has 0 unspecified atom stereocenters. The van der Waals surface area contributed by atoms with Crippen LogP contribution in [-0.4, -0.2) is 47.5 Å². The minimum atomic E-state index is -1.41. The number of carboxylic acids is 1. The van der Waals surface area contributed by atoms with Crippen LogP contribution in [0.15, 0.2) is 30.3 Å². The van der Waals surface area contributed by atoms with E-state index in [1.165, 1.54) is 0 Å². The number of ether oxygens (including phenoxy) is 2. The summed E-state index contributed by atoms with van der Waals surface area (Å²) < 4.78 is 10.1. The van der Waals surface area contributed by atoms with Crippen LogP contribution in [0.4, 0.5) is 0 Å². The van der Waals surface area contributed by atoms with Crippen LogP contribution < -0.4 is 5.73 Å². The molecule has 2 rings (SSSR count). The van der Waals surface area contributed by atoms with Gasteiger partial charge < -0.3 is 25.4 Å². The number of benzene rings is 1. The molecule has 1 heterocycles. The molecule has 1 aromatic carbocycles. The number of rotatable bonds is 6. The third kappa shape index (κ3) is 6.27. The number of hydrogen-bond donors (Lipinski definition) is 3. The second kappa shape index (κ2) is 10.0. The number of nitrogens with two attached hydrogens (primary N) is 1. The van der Waals surface area contributed by atoms with E-state index in [-0.39, 0.29) is 12.6 Å². The van der Waals surface area contributed by atoms with E-state index in [4.69, 9.17) is 25.4 Å². The highest BCUT2D eigenvalue weighted by molar-refractivity contribution is 5.81. The Bertz CT molecular complexity index is 513. The number of aliphatic carboxylic acids is 1. The fourth-order valence-electron chi connectivity index (χ4n) is 1.97. The number of carbonyl (C=O) groups is 2. The summed E-state index contributed by atoms with van der Waals surface area (Å²) in [5.74, 6) is -1.55. The molecule has 7 nitrogen and oxygen atoms in total. The molecule has 0 aromatic heterocycles. The van der Waals surface area contributed by atoms with Crippen molar-refractivity contribution in [1.82, 2.24) is 0 Å². The van der Waals surface area contributed by atoms with Crippen LogP contribution in [0.5, 0.6) is 0 Å². The van der Waals surface area contributed by atoms with Crippen LogP contribution in [0.3, 0.4) is 0 Å². The quantitative estimate of drug-likeness (QED) is 0.527. The smallest absolute Gasteiger partial charge is 0.337 e. The van der Waals surface area contributed by atoms with E-state index < -0.39 is 17.6 Å². The van der Waals surface area contributed by atoms with Gasteiger partial charge in [-0.1, -0.05) is 43.7 Å². The van der Waals surface area contributed by atoms with Crippen molar-refractivity contribution in [2.45, 2.75) is 37.8 Å². The average molecular weight is 339 g/mol. The van der Waals surface area contributed by atoms with Gasteiger partial charge in [-0.2, -0.15) is 0 Å². The van der Waals surface area contributed by atoms with Gasteiger partial charge >= 0.3 is 11.9 Å². The van der Waals surface area contributed by atoms with Crippen LogP contribution in [0.1, 0.15) is 37.9 Å². The van der Waals surface area contributed by atoms with E-state index in [1.807, 2.05) is 6.92 Å². The predicted molar refractivity (Wildman–Crippen MR) is 87.3 cm³/mol. The molecule has 1 saturated heterocycles. The third-order valence-electron chi connectivity index (χ3n) is 3.54. The van der Waals surface area contributed by atoms with Crippen LogP contribution in [0, 0.1) is 0 Å². The van der Waals surface area contributed by atoms with Gasteiger partial charge in [-0.25, -0.2) is 9.59 Å². The first-order chi connectivity index (χ1) is 11.4. The summed E-state index contributed by atoms with van der Waals surface area (Å²) in [5, 5.41) is 17.4. The fourth-order valence-corrected chi connectivity index (χ4v) is 1.97. The Morgan fingerprint density at radius 1 is 1.38 bits per heavy atom. The molecular formula is C17H25NO6. The number of aliphatic hydroxyl groups excluding tert-OH is 1. The Morgan fingerprint density at radius 2 is 2.04 bits per heavy atom. The minimum absolute atomic E-state index is 0.290. The molecule has 4 N–H and O–H groups in total. The molecule has 7 heteroatoms. The van der Waals surface area contributed by atoms with Gasteiger partial charge in [-0.15, -0.1) is 0 Å².